The lowest BCUT2D eigenvalue weighted by Gasteiger charge is -2.43. The fourth-order valence-electron chi connectivity index (χ4n) is 4.71. The quantitative estimate of drug-likeness (QED) is 0.311. The Morgan fingerprint density at radius 3 is 1.70 bits per heavy atom. The van der Waals surface area contributed by atoms with Crippen LogP contribution in [0.5, 0.6) is 0 Å². The Kier molecular flexibility index (Phi) is 11.5. The van der Waals surface area contributed by atoms with Crippen LogP contribution in [0.4, 0.5) is 4.79 Å². The topological polar surface area (TPSA) is 103 Å². The van der Waals surface area contributed by atoms with Gasteiger partial charge in [0.05, 0.1) is 13.7 Å². The molecule has 40 heavy (non-hydrogen) atoms. The first kappa shape index (κ1) is 33.0. The summed E-state index contributed by atoms with van der Waals surface area (Å²) in [4.78, 5) is 38.9. The van der Waals surface area contributed by atoms with E-state index in [-0.39, 0.29) is 17.6 Å². The van der Waals surface area contributed by atoms with Crippen molar-refractivity contribution in [1.29, 1.82) is 0 Å². The molecule has 2 aromatic rings. The third-order valence-corrected chi connectivity index (χ3v) is 11.4. The second-order valence-electron chi connectivity index (χ2n) is 12.4. The van der Waals surface area contributed by atoms with Gasteiger partial charge in [-0.2, -0.15) is 0 Å². The molecule has 2 N–H and O–H groups in total. The second kappa shape index (κ2) is 13.9. The van der Waals surface area contributed by atoms with Crippen molar-refractivity contribution in [1.82, 2.24) is 10.6 Å². The molecule has 0 aliphatic rings. The molecule has 0 heterocycles. The number of carbonyl (C=O) groups excluding carboxylic acids is 3. The Morgan fingerprint density at radius 2 is 1.30 bits per heavy atom. The lowest BCUT2D eigenvalue weighted by Crippen LogP contribution is -2.68. The van der Waals surface area contributed by atoms with Crippen molar-refractivity contribution in [2.75, 3.05) is 13.7 Å². The van der Waals surface area contributed by atoms with Crippen molar-refractivity contribution < 1.29 is 28.3 Å². The predicted molar refractivity (Wildman–Crippen MR) is 160 cm³/mol. The number of carbonyl (C=O) groups is 3. The lowest BCUT2D eigenvalue weighted by atomic mass is 10.0. The summed E-state index contributed by atoms with van der Waals surface area (Å²) in [5, 5.41) is 7.22. The number of benzene rings is 2. The molecular formula is C31H46N2O6Si. The number of nitrogens with one attached hydrogen (secondary N) is 2. The van der Waals surface area contributed by atoms with Crippen molar-refractivity contribution >= 4 is 36.7 Å². The van der Waals surface area contributed by atoms with Crippen LogP contribution in [0.3, 0.4) is 0 Å². The second-order valence-corrected chi connectivity index (χ2v) is 16.7. The van der Waals surface area contributed by atoms with E-state index in [4.69, 9.17) is 13.9 Å². The van der Waals surface area contributed by atoms with Gasteiger partial charge in [-0.05, 0) is 48.5 Å². The van der Waals surface area contributed by atoms with Gasteiger partial charge in [0.25, 0.3) is 8.32 Å². The van der Waals surface area contributed by atoms with Gasteiger partial charge in [0.2, 0.25) is 5.91 Å². The molecule has 0 radical (unpaired) electrons. The highest BCUT2D eigenvalue weighted by Crippen LogP contribution is 2.36. The number of alkyl carbamates (subject to hydrolysis) is 1. The monoisotopic (exact) mass is 570 g/mol. The first-order valence-corrected chi connectivity index (χ1v) is 15.6. The summed E-state index contributed by atoms with van der Waals surface area (Å²) in [6, 6.07) is 18.1. The number of hydrogen-bond acceptors (Lipinski definition) is 6. The maximum absolute atomic E-state index is 13.4. The van der Waals surface area contributed by atoms with Gasteiger partial charge in [-0.1, -0.05) is 95.3 Å². The van der Waals surface area contributed by atoms with Gasteiger partial charge in [0, 0.05) is 0 Å². The molecule has 8 nitrogen and oxygen atoms in total. The molecule has 0 spiro atoms. The summed E-state index contributed by atoms with van der Waals surface area (Å²) in [6.45, 7) is 15.4. The average molecular weight is 571 g/mol. The van der Waals surface area contributed by atoms with Gasteiger partial charge in [-0.25, -0.2) is 9.59 Å². The Labute approximate surface area is 240 Å². The van der Waals surface area contributed by atoms with Crippen LogP contribution in [0.2, 0.25) is 5.04 Å². The summed E-state index contributed by atoms with van der Waals surface area (Å²) in [7, 11) is -1.70. The standard InChI is InChI=1S/C31H46N2O6Si/c1-22(2)20-25(33-29(36)39-30(3,4)5)27(34)32-26(28(35)37-9)21-38-40(31(6,7)8,23-16-12-10-13-17-23)24-18-14-11-15-19-24/h10-19,22,25-26H,20-21H2,1-9H3,(H,32,34)(H,33,36)/t25-,26-/m0/s1. The van der Waals surface area contributed by atoms with Gasteiger partial charge in [-0.3, -0.25) is 4.79 Å². The van der Waals surface area contributed by atoms with E-state index < -0.39 is 44.0 Å². The van der Waals surface area contributed by atoms with Crippen molar-refractivity contribution in [3.05, 3.63) is 60.7 Å². The Morgan fingerprint density at radius 1 is 0.800 bits per heavy atom. The van der Waals surface area contributed by atoms with Crippen LogP contribution in [-0.4, -0.2) is 57.7 Å². The molecule has 0 bridgehead atoms. The summed E-state index contributed by atoms with van der Waals surface area (Å²) < 4.78 is 17.3. The van der Waals surface area contributed by atoms with E-state index in [9.17, 15) is 14.4 Å². The van der Waals surface area contributed by atoms with Gasteiger partial charge in [0.15, 0.2) is 0 Å². The molecular weight excluding hydrogens is 524 g/mol. The largest absolute Gasteiger partial charge is 0.467 e. The molecule has 0 aromatic heterocycles. The zero-order chi connectivity index (χ0) is 30.1. The first-order valence-electron chi connectivity index (χ1n) is 13.7. The van der Waals surface area contributed by atoms with Crippen LogP contribution < -0.4 is 21.0 Å². The molecule has 220 valence electrons. The van der Waals surface area contributed by atoms with Crippen molar-refractivity contribution in [2.24, 2.45) is 5.92 Å². The van der Waals surface area contributed by atoms with Crippen molar-refractivity contribution in [2.45, 2.75) is 84.5 Å². The molecule has 0 aliphatic heterocycles. The van der Waals surface area contributed by atoms with Crippen LogP contribution in [-0.2, 0) is 23.5 Å². The average Bonchev–Trinajstić information content (AvgIpc) is 2.86. The number of rotatable bonds is 11. The number of esters is 1. The molecule has 0 unspecified atom stereocenters. The highest BCUT2D eigenvalue weighted by molar-refractivity contribution is 6.99. The fourth-order valence-corrected chi connectivity index (χ4v) is 9.28. The van der Waals surface area contributed by atoms with Crippen LogP contribution in [0.15, 0.2) is 60.7 Å². The molecule has 0 saturated carbocycles. The number of amides is 2. The molecule has 0 saturated heterocycles. The van der Waals surface area contributed by atoms with Crippen LogP contribution in [0, 0.1) is 5.92 Å². The maximum atomic E-state index is 13.4. The molecule has 2 atom stereocenters. The smallest absolute Gasteiger partial charge is 0.408 e. The third-order valence-electron chi connectivity index (χ3n) is 6.40. The maximum Gasteiger partial charge on any atom is 0.408 e. The van der Waals surface area contributed by atoms with E-state index >= 15 is 0 Å². The molecule has 2 aromatic carbocycles. The van der Waals surface area contributed by atoms with E-state index in [2.05, 4.69) is 55.7 Å². The minimum atomic E-state index is -2.98. The number of methoxy groups -OCH3 is 1. The summed E-state index contributed by atoms with van der Waals surface area (Å²) in [6.07, 6.45) is -0.347. The summed E-state index contributed by atoms with van der Waals surface area (Å²) in [5.74, 6) is -1.05. The van der Waals surface area contributed by atoms with Gasteiger partial charge >= 0.3 is 12.1 Å². The number of ether oxygens (including phenoxy) is 2. The zero-order valence-corrected chi connectivity index (χ0v) is 26.4. The molecule has 0 aliphatic carbocycles. The molecule has 9 heteroatoms. The SMILES string of the molecule is COC(=O)[C@H](CO[Si](c1ccccc1)(c1ccccc1)C(C)(C)C)NC(=O)[C@H](CC(C)C)NC(=O)OC(C)(C)C. The first-order chi connectivity index (χ1) is 18.6. The Hall–Kier alpha value is -3.17. The van der Waals surface area contributed by atoms with Crippen LogP contribution in [0.25, 0.3) is 0 Å². The van der Waals surface area contributed by atoms with Crippen molar-refractivity contribution in [3.8, 4) is 0 Å². The predicted octanol–water partition coefficient (Wildman–Crippen LogP) is 4.16. The zero-order valence-electron chi connectivity index (χ0n) is 25.4. The Bertz CT molecular complexity index is 1070. The molecule has 2 rings (SSSR count). The van der Waals surface area contributed by atoms with E-state index in [1.165, 1.54) is 7.11 Å². The van der Waals surface area contributed by atoms with E-state index in [1.54, 1.807) is 20.8 Å². The minimum Gasteiger partial charge on any atom is -0.467 e. The highest BCUT2D eigenvalue weighted by Gasteiger charge is 2.50. The van der Waals surface area contributed by atoms with Gasteiger partial charge in [0.1, 0.15) is 17.7 Å². The summed E-state index contributed by atoms with van der Waals surface area (Å²) in [5.41, 5.74) is -0.721. The fraction of sp³-hybridized carbons (Fsp3) is 0.516. The lowest BCUT2D eigenvalue weighted by molar-refractivity contribution is -0.146. The van der Waals surface area contributed by atoms with Crippen LogP contribution >= 0.6 is 0 Å². The minimum absolute atomic E-state index is 0.0932. The van der Waals surface area contributed by atoms with Crippen LogP contribution in [0.1, 0.15) is 61.8 Å². The summed E-state index contributed by atoms with van der Waals surface area (Å²) >= 11 is 0. The third kappa shape index (κ3) is 8.92. The van der Waals surface area contributed by atoms with Gasteiger partial charge < -0.3 is 24.5 Å². The normalized spacial score (nSPS) is 13.8. The molecule has 2 amide bonds. The molecule has 0 fully saturated rings. The van der Waals surface area contributed by atoms with E-state index in [0.29, 0.717) is 6.42 Å². The van der Waals surface area contributed by atoms with E-state index in [1.807, 2.05) is 50.2 Å². The van der Waals surface area contributed by atoms with Crippen molar-refractivity contribution in [3.63, 3.8) is 0 Å². The number of hydrogen-bond donors (Lipinski definition) is 2. The van der Waals surface area contributed by atoms with E-state index in [0.717, 1.165) is 10.4 Å². The van der Waals surface area contributed by atoms with Gasteiger partial charge in [-0.15, -0.1) is 0 Å². The Balaban J connectivity index is 2.41. The highest BCUT2D eigenvalue weighted by atomic mass is 28.4.